The van der Waals surface area contributed by atoms with Crippen LogP contribution in [0.2, 0.25) is 0 Å². The van der Waals surface area contributed by atoms with Crippen LogP contribution in [0.1, 0.15) is 31.2 Å². The lowest BCUT2D eigenvalue weighted by atomic mass is 10.1. The van der Waals surface area contributed by atoms with Crippen LogP contribution in [-0.4, -0.2) is 14.2 Å². The standard InChI is InChI=1S/C13H19NO2S/c1-10-6-7-12(14)13(8-10)17(15,16)9-11-4-2-3-5-11/h6-8,11H,2-5,9,14H2,1H3. The zero-order valence-corrected chi connectivity index (χ0v) is 11.0. The van der Waals surface area contributed by atoms with Crippen molar-refractivity contribution in [1.82, 2.24) is 0 Å². The first-order valence-corrected chi connectivity index (χ1v) is 7.73. The summed E-state index contributed by atoms with van der Waals surface area (Å²) in [7, 11) is -3.22. The molecule has 0 amide bonds. The van der Waals surface area contributed by atoms with E-state index in [1.807, 2.05) is 13.0 Å². The van der Waals surface area contributed by atoms with Crippen molar-refractivity contribution in [2.45, 2.75) is 37.5 Å². The van der Waals surface area contributed by atoms with Crippen molar-refractivity contribution in [2.24, 2.45) is 5.92 Å². The van der Waals surface area contributed by atoms with Crippen LogP contribution in [0.4, 0.5) is 5.69 Å². The molecule has 0 unspecified atom stereocenters. The molecule has 2 rings (SSSR count). The van der Waals surface area contributed by atoms with Crippen molar-refractivity contribution in [3.8, 4) is 0 Å². The smallest absolute Gasteiger partial charge is 0.180 e. The molecule has 2 N–H and O–H groups in total. The molecule has 0 atom stereocenters. The number of rotatable bonds is 3. The van der Waals surface area contributed by atoms with Crippen molar-refractivity contribution in [3.63, 3.8) is 0 Å². The predicted octanol–water partition coefficient (Wildman–Crippen LogP) is 2.54. The van der Waals surface area contributed by atoms with Crippen LogP contribution in [0.15, 0.2) is 23.1 Å². The number of nitrogen functional groups attached to an aromatic ring is 1. The predicted molar refractivity (Wildman–Crippen MR) is 69.6 cm³/mol. The van der Waals surface area contributed by atoms with Crippen LogP contribution in [-0.2, 0) is 9.84 Å². The van der Waals surface area contributed by atoms with Gasteiger partial charge in [-0.3, -0.25) is 0 Å². The maximum atomic E-state index is 12.3. The Morgan fingerprint density at radius 1 is 1.29 bits per heavy atom. The number of benzene rings is 1. The molecule has 0 saturated heterocycles. The number of aryl methyl sites for hydroxylation is 1. The first-order chi connectivity index (χ1) is 7.99. The van der Waals surface area contributed by atoms with Gasteiger partial charge < -0.3 is 5.73 Å². The van der Waals surface area contributed by atoms with E-state index < -0.39 is 9.84 Å². The largest absolute Gasteiger partial charge is 0.398 e. The summed E-state index contributed by atoms with van der Waals surface area (Å²) >= 11 is 0. The average Bonchev–Trinajstić information content (AvgIpc) is 2.73. The fourth-order valence-electron chi connectivity index (χ4n) is 2.49. The molecule has 1 aliphatic carbocycles. The zero-order valence-electron chi connectivity index (χ0n) is 10.1. The van der Waals surface area contributed by atoms with Gasteiger partial charge in [-0.05, 0) is 43.4 Å². The first kappa shape index (κ1) is 12.4. The van der Waals surface area contributed by atoms with E-state index >= 15 is 0 Å². The third-order valence-electron chi connectivity index (χ3n) is 3.43. The van der Waals surface area contributed by atoms with Gasteiger partial charge in [0.05, 0.1) is 16.3 Å². The Morgan fingerprint density at radius 2 is 1.94 bits per heavy atom. The molecule has 4 heteroatoms. The molecule has 0 heterocycles. The summed E-state index contributed by atoms with van der Waals surface area (Å²) < 4.78 is 24.6. The van der Waals surface area contributed by atoms with Crippen LogP contribution >= 0.6 is 0 Å². The molecule has 1 saturated carbocycles. The van der Waals surface area contributed by atoms with Crippen LogP contribution in [0.3, 0.4) is 0 Å². The van der Waals surface area contributed by atoms with Crippen LogP contribution in [0.5, 0.6) is 0 Å². The molecule has 0 bridgehead atoms. The van der Waals surface area contributed by atoms with E-state index in [0.717, 1.165) is 31.2 Å². The Hall–Kier alpha value is -1.03. The Kier molecular flexibility index (Phi) is 3.43. The summed E-state index contributed by atoms with van der Waals surface area (Å²) in [5.74, 6) is 0.570. The lowest BCUT2D eigenvalue weighted by molar-refractivity contribution is 0.559. The van der Waals surface area contributed by atoms with Gasteiger partial charge in [0.1, 0.15) is 0 Å². The highest BCUT2D eigenvalue weighted by atomic mass is 32.2. The van der Waals surface area contributed by atoms with Crippen molar-refractivity contribution < 1.29 is 8.42 Å². The maximum absolute atomic E-state index is 12.3. The minimum atomic E-state index is -3.22. The zero-order chi connectivity index (χ0) is 12.5. The fraction of sp³-hybridized carbons (Fsp3) is 0.538. The highest BCUT2D eigenvalue weighted by Gasteiger charge is 2.25. The van der Waals surface area contributed by atoms with Gasteiger partial charge in [0.15, 0.2) is 9.84 Å². The number of anilines is 1. The first-order valence-electron chi connectivity index (χ1n) is 6.08. The van der Waals surface area contributed by atoms with E-state index in [1.54, 1.807) is 12.1 Å². The summed E-state index contributed by atoms with van der Waals surface area (Å²) in [6, 6.07) is 5.19. The minimum absolute atomic E-state index is 0.251. The number of hydrogen-bond donors (Lipinski definition) is 1. The second-order valence-corrected chi connectivity index (χ2v) is 6.98. The van der Waals surface area contributed by atoms with Gasteiger partial charge >= 0.3 is 0 Å². The second kappa shape index (κ2) is 4.69. The molecular weight excluding hydrogens is 234 g/mol. The van der Waals surface area contributed by atoms with Crippen LogP contribution in [0.25, 0.3) is 0 Å². The number of sulfone groups is 1. The van der Waals surface area contributed by atoms with Gasteiger partial charge in [-0.2, -0.15) is 0 Å². The third-order valence-corrected chi connectivity index (χ3v) is 5.37. The summed E-state index contributed by atoms with van der Waals surface area (Å²) in [5.41, 5.74) is 7.07. The van der Waals surface area contributed by atoms with E-state index in [1.165, 1.54) is 0 Å². The van der Waals surface area contributed by atoms with Crippen LogP contribution in [0, 0.1) is 12.8 Å². The lowest BCUT2D eigenvalue weighted by Gasteiger charge is -2.12. The normalized spacial score (nSPS) is 17.5. The molecule has 1 aromatic rings. The summed E-state index contributed by atoms with van der Waals surface area (Å²) in [5, 5.41) is 0. The quantitative estimate of drug-likeness (QED) is 0.842. The highest BCUT2D eigenvalue weighted by molar-refractivity contribution is 7.91. The van der Waals surface area contributed by atoms with Gasteiger partial charge in [-0.15, -0.1) is 0 Å². The molecular formula is C13H19NO2S. The molecule has 0 aromatic heterocycles. The Labute approximate surface area is 103 Å². The molecule has 3 nitrogen and oxygen atoms in total. The molecule has 17 heavy (non-hydrogen) atoms. The summed E-state index contributed by atoms with van der Waals surface area (Å²) in [6.07, 6.45) is 4.38. The topological polar surface area (TPSA) is 60.2 Å². The Morgan fingerprint density at radius 3 is 2.59 bits per heavy atom. The maximum Gasteiger partial charge on any atom is 0.180 e. The number of hydrogen-bond acceptors (Lipinski definition) is 3. The molecule has 94 valence electrons. The van der Waals surface area contributed by atoms with E-state index in [2.05, 4.69) is 0 Å². The molecule has 0 aliphatic heterocycles. The molecule has 0 spiro atoms. The minimum Gasteiger partial charge on any atom is -0.398 e. The lowest BCUT2D eigenvalue weighted by Crippen LogP contribution is -2.15. The molecule has 1 aliphatic rings. The van der Waals surface area contributed by atoms with Gasteiger partial charge in [0, 0.05) is 0 Å². The van der Waals surface area contributed by atoms with Crippen molar-refractivity contribution >= 4 is 15.5 Å². The Bertz CT molecular complexity index is 502. The van der Waals surface area contributed by atoms with E-state index in [4.69, 9.17) is 5.73 Å². The molecule has 0 radical (unpaired) electrons. The van der Waals surface area contributed by atoms with Gasteiger partial charge in [-0.1, -0.05) is 18.9 Å². The fourth-order valence-corrected chi connectivity index (χ4v) is 4.41. The third kappa shape index (κ3) is 2.80. The molecule has 1 fully saturated rings. The van der Waals surface area contributed by atoms with Crippen molar-refractivity contribution in [3.05, 3.63) is 23.8 Å². The average molecular weight is 253 g/mol. The summed E-state index contributed by atoms with van der Waals surface area (Å²) in [6.45, 7) is 1.88. The van der Waals surface area contributed by atoms with Crippen LogP contribution < -0.4 is 5.73 Å². The van der Waals surface area contributed by atoms with Crippen molar-refractivity contribution in [2.75, 3.05) is 11.5 Å². The van der Waals surface area contributed by atoms with E-state index in [0.29, 0.717) is 16.5 Å². The highest BCUT2D eigenvalue weighted by Crippen LogP contribution is 2.30. The van der Waals surface area contributed by atoms with Crippen molar-refractivity contribution in [1.29, 1.82) is 0 Å². The van der Waals surface area contributed by atoms with Gasteiger partial charge in [0.2, 0.25) is 0 Å². The molecule has 1 aromatic carbocycles. The Balaban J connectivity index is 2.27. The SMILES string of the molecule is Cc1ccc(N)c(S(=O)(=O)CC2CCCC2)c1. The van der Waals surface area contributed by atoms with Gasteiger partial charge in [0.25, 0.3) is 0 Å². The summed E-state index contributed by atoms with van der Waals surface area (Å²) in [4.78, 5) is 0.310. The number of nitrogens with two attached hydrogens (primary N) is 1. The van der Waals surface area contributed by atoms with Gasteiger partial charge in [-0.25, -0.2) is 8.42 Å². The monoisotopic (exact) mass is 253 g/mol. The second-order valence-electron chi connectivity index (χ2n) is 4.97. The van der Waals surface area contributed by atoms with E-state index in [9.17, 15) is 8.42 Å². The van der Waals surface area contributed by atoms with E-state index in [-0.39, 0.29) is 5.75 Å².